The van der Waals surface area contributed by atoms with Crippen molar-refractivity contribution >= 4 is 50.1 Å². The molecule has 17 heteroatoms. The molecule has 3 saturated carbocycles. The Hall–Kier alpha value is -5.20. The highest BCUT2D eigenvalue weighted by molar-refractivity contribution is 8.00. The van der Waals surface area contributed by atoms with Gasteiger partial charge in [0.2, 0.25) is 0 Å². The van der Waals surface area contributed by atoms with E-state index in [4.69, 9.17) is 14.2 Å². The van der Waals surface area contributed by atoms with E-state index in [9.17, 15) is 28.4 Å². The Balaban J connectivity index is 0.844. The van der Waals surface area contributed by atoms with Crippen LogP contribution in [0.4, 0.5) is 11.4 Å². The second-order valence-electron chi connectivity index (χ2n) is 19.5. The number of thioether (sulfide) groups is 1. The summed E-state index contributed by atoms with van der Waals surface area (Å²) in [5, 5.41) is 27.5. The van der Waals surface area contributed by atoms with E-state index in [2.05, 4.69) is 49.2 Å². The molecule has 0 unspecified atom stereocenters. The number of amides is 1. The number of benzene rings is 3. The van der Waals surface area contributed by atoms with Crippen molar-refractivity contribution < 1.29 is 37.5 Å². The van der Waals surface area contributed by atoms with Gasteiger partial charge in [0, 0.05) is 66.5 Å². The Morgan fingerprint density at radius 2 is 1.84 bits per heavy atom. The maximum Gasteiger partial charge on any atom is 0.288 e. The predicted molar refractivity (Wildman–Crippen MR) is 256 cm³/mol. The number of aliphatic hydroxyl groups is 1. The van der Waals surface area contributed by atoms with Crippen LogP contribution in [0.5, 0.6) is 17.2 Å². The number of hydrogen-bond acceptors (Lipinski definition) is 13. The number of nitro benzene ring substituents is 1. The average Bonchev–Trinajstić information content (AvgIpc) is 4.05. The van der Waals surface area contributed by atoms with Crippen LogP contribution in [0.1, 0.15) is 112 Å². The van der Waals surface area contributed by atoms with Gasteiger partial charge < -0.3 is 34.5 Å². The summed E-state index contributed by atoms with van der Waals surface area (Å²) in [6.07, 6.45) is 12.8. The van der Waals surface area contributed by atoms with Crippen LogP contribution < -0.4 is 24.4 Å². The molecule has 10 rings (SSSR count). The van der Waals surface area contributed by atoms with Crippen molar-refractivity contribution in [1.82, 2.24) is 20.0 Å². The van der Waals surface area contributed by atoms with Gasteiger partial charge in [-0.3, -0.25) is 14.9 Å². The summed E-state index contributed by atoms with van der Waals surface area (Å²) in [6, 6.07) is 20.4. The molecule has 2 aromatic heterocycles. The summed E-state index contributed by atoms with van der Waals surface area (Å²) >= 11 is 1.31. The van der Waals surface area contributed by atoms with Gasteiger partial charge in [0.25, 0.3) is 21.6 Å². The zero-order valence-electron chi connectivity index (χ0n) is 37.9. The van der Waals surface area contributed by atoms with Crippen molar-refractivity contribution in [2.75, 3.05) is 37.8 Å². The Bertz CT molecular complexity index is 2770. The number of H-pyrrole nitrogens is 1. The number of hydrogen-bond donors (Lipinski definition) is 4. The van der Waals surface area contributed by atoms with E-state index in [1.165, 1.54) is 48.0 Å². The van der Waals surface area contributed by atoms with Crippen molar-refractivity contribution in [3.8, 4) is 17.2 Å². The Labute approximate surface area is 395 Å². The summed E-state index contributed by atoms with van der Waals surface area (Å²) in [4.78, 5) is 35.5. The molecule has 1 spiro atoms. The molecule has 15 nitrogen and oxygen atoms in total. The number of aromatic nitrogens is 2. The molecule has 2 aliphatic heterocycles. The zero-order valence-corrected chi connectivity index (χ0v) is 39.5. The van der Waals surface area contributed by atoms with E-state index in [1.54, 1.807) is 30.5 Å². The molecule has 1 saturated heterocycles. The van der Waals surface area contributed by atoms with E-state index in [0.717, 1.165) is 68.8 Å². The molecule has 1 amide bonds. The topological polar surface area (TPSA) is 198 Å². The summed E-state index contributed by atoms with van der Waals surface area (Å²) in [5.41, 5.74) is 3.36. The highest BCUT2D eigenvalue weighted by Gasteiger charge is 2.47. The van der Waals surface area contributed by atoms with Gasteiger partial charge in [-0.25, -0.2) is 18.1 Å². The molecular formula is C50H58N6O9S2. The minimum atomic E-state index is -4.65. The Kier molecular flexibility index (Phi) is 12.5. The predicted octanol–water partition coefficient (Wildman–Crippen LogP) is 9.17. The van der Waals surface area contributed by atoms with Gasteiger partial charge in [0.1, 0.15) is 34.4 Å². The van der Waals surface area contributed by atoms with E-state index in [-0.39, 0.29) is 51.2 Å². The zero-order chi connectivity index (χ0) is 46.5. The van der Waals surface area contributed by atoms with Crippen molar-refractivity contribution in [2.45, 2.75) is 117 Å². The van der Waals surface area contributed by atoms with E-state index in [0.29, 0.717) is 49.4 Å². The molecule has 5 aromatic rings. The Morgan fingerprint density at radius 1 is 1.06 bits per heavy atom. The molecule has 4 N–H and O–H groups in total. The molecule has 354 valence electrons. The van der Waals surface area contributed by atoms with Gasteiger partial charge in [0.05, 0.1) is 39.8 Å². The number of rotatable bonds is 15. The number of nitrogens with zero attached hydrogens (tertiary/aromatic N) is 3. The fraction of sp³-hybridized carbons (Fsp3) is 0.480. The lowest BCUT2D eigenvalue weighted by Crippen LogP contribution is -2.54. The van der Waals surface area contributed by atoms with E-state index < -0.39 is 37.0 Å². The highest BCUT2D eigenvalue weighted by atomic mass is 32.2. The second-order valence-corrected chi connectivity index (χ2v) is 22.4. The van der Waals surface area contributed by atoms with Gasteiger partial charge in [-0.05, 0) is 131 Å². The number of nitrogens with one attached hydrogen (secondary N) is 3. The van der Waals surface area contributed by atoms with Crippen molar-refractivity contribution in [3.63, 3.8) is 0 Å². The average molecular weight is 951 g/mol. The molecular weight excluding hydrogens is 893 g/mol. The van der Waals surface area contributed by atoms with Gasteiger partial charge in [-0.1, -0.05) is 24.3 Å². The van der Waals surface area contributed by atoms with Gasteiger partial charge >= 0.3 is 0 Å². The smallest absolute Gasteiger partial charge is 0.288 e. The van der Waals surface area contributed by atoms with Crippen molar-refractivity contribution in [3.05, 3.63) is 106 Å². The lowest BCUT2D eigenvalue weighted by atomic mass is 9.60. The number of ether oxygens (including phenoxy) is 3. The quantitative estimate of drug-likeness (QED) is 0.0573. The monoisotopic (exact) mass is 950 g/mol. The number of anilines is 1. The number of piperidine rings is 1. The van der Waals surface area contributed by atoms with Crippen molar-refractivity contribution in [2.24, 2.45) is 11.3 Å². The van der Waals surface area contributed by atoms with Crippen LogP contribution in [0, 0.1) is 21.4 Å². The molecule has 4 heterocycles. The number of sulfonamides is 1. The van der Waals surface area contributed by atoms with Crippen LogP contribution in [0.2, 0.25) is 0 Å². The fourth-order valence-electron chi connectivity index (χ4n) is 10.7. The molecule has 5 aliphatic rings. The number of aromatic amines is 1. The SMILES string of the molecule is CCOC[C@@H](NC1CC2(CCN(c3ccc(C(=O)NS(=O)(=O)c4cc5c(c([N+](=O)[O-])c4)S[C@@H]([C@H]4CC[C@](C)(O)CC4)CO5)c(Oc4cnc5[nH]ccc5c4)c3)CC2)C1)c1ccccc1C1CC1. The van der Waals surface area contributed by atoms with Gasteiger partial charge in [0.15, 0.2) is 0 Å². The highest BCUT2D eigenvalue weighted by Crippen LogP contribution is 2.52. The minimum Gasteiger partial charge on any atom is -0.491 e. The number of fused-ring (bicyclic) bond motifs is 2. The fourth-order valence-corrected chi connectivity index (χ4v) is 13.1. The van der Waals surface area contributed by atoms with Crippen LogP contribution in [-0.4, -0.2) is 84.1 Å². The van der Waals surface area contributed by atoms with Crippen LogP contribution >= 0.6 is 11.8 Å². The minimum absolute atomic E-state index is 0.0405. The number of nitro groups is 1. The van der Waals surface area contributed by atoms with Gasteiger partial charge in [-0.15, -0.1) is 11.8 Å². The molecule has 67 heavy (non-hydrogen) atoms. The third-order valence-electron chi connectivity index (χ3n) is 14.7. The van der Waals surface area contributed by atoms with E-state index >= 15 is 0 Å². The van der Waals surface area contributed by atoms with E-state index in [1.807, 2.05) is 19.9 Å². The molecule has 2 atom stereocenters. The normalized spacial score (nSPS) is 23.2. The maximum absolute atomic E-state index is 14.1. The lowest BCUT2D eigenvalue weighted by molar-refractivity contribution is -0.388. The van der Waals surface area contributed by atoms with Crippen LogP contribution in [0.25, 0.3) is 11.0 Å². The molecule has 0 radical (unpaired) electrons. The molecule has 0 bridgehead atoms. The molecule has 4 fully saturated rings. The molecule has 3 aromatic carbocycles. The standard InChI is InChI=1S/C50H58N6O9S2/c1-3-63-29-41(39-7-5-4-6-38(39)31-8-9-31)53-34-26-50(27-34)17-20-55(21-18-50)35-10-11-40(43(23-35)65-36-22-33-14-19-51-47(33)52-28-36)48(57)54-67(61,62)37-24-42(56(59)60)46-44(25-37)64-30-45(66-46)32-12-15-49(2,58)16-13-32/h4-7,10-11,14,19,22-25,28,31-32,34,41,45,53,58H,3,8-9,12-13,15-18,20-21,26-27,29-30H2,1-2H3,(H,51,52)(H,54,57)/t32-,41-,45-,49-/m1/s1. The van der Waals surface area contributed by atoms with Crippen LogP contribution in [0.3, 0.4) is 0 Å². The first-order chi connectivity index (χ1) is 32.2. The van der Waals surface area contributed by atoms with Crippen LogP contribution in [-0.2, 0) is 14.8 Å². The van der Waals surface area contributed by atoms with Crippen LogP contribution in [0.15, 0.2) is 88.9 Å². The number of carbonyl (C=O) groups is 1. The largest absolute Gasteiger partial charge is 0.491 e. The van der Waals surface area contributed by atoms with Gasteiger partial charge in [-0.2, -0.15) is 0 Å². The first-order valence-corrected chi connectivity index (χ1v) is 26.0. The Morgan fingerprint density at radius 3 is 2.58 bits per heavy atom. The molecule has 3 aliphatic carbocycles. The van der Waals surface area contributed by atoms with Crippen molar-refractivity contribution in [1.29, 1.82) is 0 Å². The summed E-state index contributed by atoms with van der Waals surface area (Å²) in [5.74, 6) is 0.432. The number of carbonyl (C=O) groups excluding carboxylic acids is 1. The third kappa shape index (κ3) is 9.75. The second kappa shape index (κ2) is 18.4. The summed E-state index contributed by atoms with van der Waals surface area (Å²) in [7, 11) is -4.65. The first kappa shape index (κ1) is 45.6. The summed E-state index contributed by atoms with van der Waals surface area (Å²) in [6.45, 7) is 7.02. The summed E-state index contributed by atoms with van der Waals surface area (Å²) < 4.78 is 48.5. The lowest BCUT2D eigenvalue weighted by Gasteiger charge is -2.53. The number of pyridine rings is 1. The first-order valence-electron chi connectivity index (χ1n) is 23.6. The maximum atomic E-state index is 14.1. The third-order valence-corrected chi connectivity index (χ3v) is 17.5.